The van der Waals surface area contributed by atoms with Crippen LogP contribution in [0.15, 0.2) is 33.3 Å². The molecule has 0 unspecified atom stereocenters. The van der Waals surface area contributed by atoms with Crippen molar-refractivity contribution < 1.29 is 4.79 Å². The summed E-state index contributed by atoms with van der Waals surface area (Å²) < 4.78 is 1.63. The molecule has 0 aliphatic heterocycles. The monoisotopic (exact) mass is 358 g/mol. The van der Waals surface area contributed by atoms with Crippen LogP contribution in [0, 0.1) is 0 Å². The van der Waals surface area contributed by atoms with Gasteiger partial charge in [-0.05, 0) is 18.2 Å². The number of aromatic nitrogens is 2. The lowest BCUT2D eigenvalue weighted by atomic mass is 10.2. The molecule has 1 heterocycles. The summed E-state index contributed by atoms with van der Waals surface area (Å²) >= 11 is 6.64. The van der Waals surface area contributed by atoms with Gasteiger partial charge in [-0.25, -0.2) is 0 Å². The highest BCUT2D eigenvalue weighted by Crippen LogP contribution is 2.21. The van der Waals surface area contributed by atoms with Gasteiger partial charge in [-0.3, -0.25) is 9.89 Å². The summed E-state index contributed by atoms with van der Waals surface area (Å²) in [6.07, 6.45) is 1.44. The van der Waals surface area contributed by atoms with Crippen LogP contribution in [-0.2, 0) is 0 Å². The number of hydrogen-bond acceptors (Lipinski definition) is 3. The Bertz CT molecular complexity index is 547. The van der Waals surface area contributed by atoms with Crippen molar-refractivity contribution in [1.82, 2.24) is 10.2 Å². The van der Waals surface area contributed by atoms with Crippen LogP contribution in [0.3, 0.4) is 0 Å². The highest BCUT2D eigenvalue weighted by molar-refractivity contribution is 9.11. The second kappa shape index (κ2) is 4.89. The molecule has 0 spiro atoms. The Morgan fingerprint density at radius 3 is 2.47 bits per heavy atom. The molecule has 1 amide bonds. The first kappa shape index (κ1) is 12.1. The smallest absolute Gasteiger partial charge is 0.256 e. The van der Waals surface area contributed by atoms with Gasteiger partial charge in [0.25, 0.3) is 5.91 Å². The van der Waals surface area contributed by atoms with Gasteiger partial charge >= 0.3 is 0 Å². The predicted octanol–water partition coefficient (Wildman–Crippen LogP) is 2.77. The van der Waals surface area contributed by atoms with Crippen molar-refractivity contribution in [3.8, 4) is 0 Å². The van der Waals surface area contributed by atoms with E-state index in [1.165, 1.54) is 6.20 Å². The van der Waals surface area contributed by atoms with Crippen LogP contribution in [0.4, 0.5) is 11.5 Å². The molecule has 0 aliphatic rings. The van der Waals surface area contributed by atoms with Gasteiger partial charge < -0.3 is 11.1 Å². The first-order valence-corrected chi connectivity index (χ1v) is 6.21. The number of nitrogen functional groups attached to an aromatic ring is 1. The van der Waals surface area contributed by atoms with Crippen LogP contribution in [0.2, 0.25) is 0 Å². The minimum absolute atomic E-state index is 0.261. The molecule has 7 heteroatoms. The Kier molecular flexibility index (Phi) is 3.49. The van der Waals surface area contributed by atoms with Crippen molar-refractivity contribution in [3.63, 3.8) is 0 Å². The van der Waals surface area contributed by atoms with Gasteiger partial charge in [0.05, 0.1) is 11.9 Å². The molecule has 0 atom stereocenters. The third kappa shape index (κ3) is 2.86. The van der Waals surface area contributed by atoms with E-state index in [9.17, 15) is 4.79 Å². The summed E-state index contributed by atoms with van der Waals surface area (Å²) in [5.41, 5.74) is 6.51. The van der Waals surface area contributed by atoms with Crippen molar-refractivity contribution in [1.29, 1.82) is 0 Å². The number of carbonyl (C=O) groups excluding carboxylic acids is 1. The zero-order chi connectivity index (χ0) is 12.4. The highest BCUT2D eigenvalue weighted by Gasteiger charge is 2.10. The molecular weight excluding hydrogens is 352 g/mol. The Balaban J connectivity index is 2.23. The number of hydrogen-bond donors (Lipinski definition) is 3. The average Bonchev–Trinajstić information content (AvgIpc) is 2.63. The van der Waals surface area contributed by atoms with Gasteiger partial charge in [-0.1, -0.05) is 31.9 Å². The Labute approximate surface area is 114 Å². The van der Waals surface area contributed by atoms with E-state index in [2.05, 4.69) is 47.4 Å². The first-order valence-electron chi connectivity index (χ1n) is 4.62. The SMILES string of the molecule is Nc1cn[nH]c1NC(=O)c1cc(Br)cc(Br)c1. The van der Waals surface area contributed by atoms with Crippen molar-refractivity contribution in [2.24, 2.45) is 0 Å². The molecule has 4 N–H and O–H groups in total. The number of H-pyrrole nitrogens is 1. The Morgan fingerprint density at radius 2 is 1.94 bits per heavy atom. The number of amides is 1. The molecule has 0 radical (unpaired) electrons. The lowest BCUT2D eigenvalue weighted by molar-refractivity contribution is 0.102. The average molecular weight is 360 g/mol. The highest BCUT2D eigenvalue weighted by atomic mass is 79.9. The van der Waals surface area contributed by atoms with E-state index in [1.54, 1.807) is 12.1 Å². The standard InChI is InChI=1S/C10H8Br2N4O/c11-6-1-5(2-7(12)3-6)10(17)15-9-8(13)4-14-16-9/h1-4H,13H2,(H2,14,15,16,17). The largest absolute Gasteiger partial charge is 0.394 e. The number of nitrogens with one attached hydrogen (secondary N) is 2. The number of halogens is 2. The fourth-order valence-corrected chi connectivity index (χ4v) is 2.56. The maximum atomic E-state index is 11.9. The summed E-state index contributed by atoms with van der Waals surface area (Å²) in [5, 5.41) is 8.96. The fourth-order valence-electron chi connectivity index (χ4n) is 1.27. The van der Waals surface area contributed by atoms with Gasteiger partial charge in [-0.2, -0.15) is 5.10 Å². The van der Waals surface area contributed by atoms with Crippen LogP contribution >= 0.6 is 31.9 Å². The van der Waals surface area contributed by atoms with Crippen LogP contribution < -0.4 is 11.1 Å². The normalized spacial score (nSPS) is 10.2. The minimum atomic E-state index is -0.261. The van der Waals surface area contributed by atoms with E-state index in [0.717, 1.165) is 8.95 Å². The predicted molar refractivity (Wildman–Crippen MR) is 72.8 cm³/mol. The molecule has 1 aromatic heterocycles. The minimum Gasteiger partial charge on any atom is -0.394 e. The molecule has 0 bridgehead atoms. The van der Waals surface area contributed by atoms with E-state index < -0.39 is 0 Å². The molecule has 0 saturated heterocycles. The van der Waals surface area contributed by atoms with Gasteiger partial charge in [0, 0.05) is 14.5 Å². The lowest BCUT2D eigenvalue weighted by Gasteiger charge is -2.04. The number of carbonyl (C=O) groups is 1. The zero-order valence-electron chi connectivity index (χ0n) is 8.50. The van der Waals surface area contributed by atoms with Crippen LogP contribution in [0.1, 0.15) is 10.4 Å². The number of nitrogens with zero attached hydrogens (tertiary/aromatic N) is 1. The van der Waals surface area contributed by atoms with E-state index >= 15 is 0 Å². The number of aromatic amines is 1. The molecular formula is C10H8Br2N4O. The van der Waals surface area contributed by atoms with Crippen LogP contribution in [-0.4, -0.2) is 16.1 Å². The third-order valence-corrected chi connectivity index (χ3v) is 2.95. The van der Waals surface area contributed by atoms with Crippen molar-refractivity contribution in [2.45, 2.75) is 0 Å². The molecule has 88 valence electrons. The molecule has 2 rings (SSSR count). The van der Waals surface area contributed by atoms with Crippen LogP contribution in [0.25, 0.3) is 0 Å². The molecule has 17 heavy (non-hydrogen) atoms. The van der Waals surface area contributed by atoms with Gasteiger partial charge in [0.2, 0.25) is 0 Å². The molecule has 0 saturated carbocycles. The Morgan fingerprint density at radius 1 is 1.29 bits per heavy atom. The quantitative estimate of drug-likeness (QED) is 0.770. The summed E-state index contributed by atoms with van der Waals surface area (Å²) in [4.78, 5) is 11.9. The maximum absolute atomic E-state index is 11.9. The molecule has 5 nitrogen and oxygen atoms in total. The second-order valence-corrected chi connectivity index (χ2v) is 5.14. The van der Waals surface area contributed by atoms with Crippen molar-refractivity contribution in [3.05, 3.63) is 38.9 Å². The van der Waals surface area contributed by atoms with E-state index in [1.807, 2.05) is 6.07 Å². The van der Waals surface area contributed by atoms with Gasteiger partial charge in [-0.15, -0.1) is 0 Å². The van der Waals surface area contributed by atoms with E-state index in [0.29, 0.717) is 17.1 Å². The molecule has 2 aromatic rings. The van der Waals surface area contributed by atoms with Crippen LogP contribution in [0.5, 0.6) is 0 Å². The van der Waals surface area contributed by atoms with Crippen molar-refractivity contribution in [2.75, 3.05) is 11.1 Å². The van der Waals surface area contributed by atoms with E-state index in [4.69, 9.17) is 5.73 Å². The molecule has 1 aromatic carbocycles. The van der Waals surface area contributed by atoms with Gasteiger partial charge in [0.1, 0.15) is 0 Å². The number of nitrogens with two attached hydrogens (primary N) is 1. The summed E-state index contributed by atoms with van der Waals surface area (Å²) in [6, 6.07) is 5.28. The summed E-state index contributed by atoms with van der Waals surface area (Å²) in [5.74, 6) is 0.133. The summed E-state index contributed by atoms with van der Waals surface area (Å²) in [6.45, 7) is 0. The first-order chi connectivity index (χ1) is 8.06. The Hall–Kier alpha value is -1.34. The number of anilines is 2. The topological polar surface area (TPSA) is 83.8 Å². The lowest BCUT2D eigenvalue weighted by Crippen LogP contribution is -2.13. The zero-order valence-corrected chi connectivity index (χ0v) is 11.7. The number of rotatable bonds is 2. The molecule has 0 aliphatic carbocycles. The van der Waals surface area contributed by atoms with Gasteiger partial charge in [0.15, 0.2) is 5.82 Å². The van der Waals surface area contributed by atoms with Crippen molar-refractivity contribution >= 4 is 49.3 Å². The fraction of sp³-hybridized carbons (Fsp3) is 0. The third-order valence-electron chi connectivity index (χ3n) is 2.03. The number of benzene rings is 1. The van der Waals surface area contributed by atoms with E-state index in [-0.39, 0.29) is 5.91 Å². The summed E-state index contributed by atoms with van der Waals surface area (Å²) in [7, 11) is 0. The maximum Gasteiger partial charge on any atom is 0.256 e. The molecule has 0 fully saturated rings. The second-order valence-electron chi connectivity index (χ2n) is 3.31.